The molecule has 88 valence electrons. The van der Waals surface area contributed by atoms with E-state index < -0.39 is 0 Å². The minimum absolute atomic E-state index is 0.386. The van der Waals surface area contributed by atoms with Crippen LogP contribution in [0.5, 0.6) is 0 Å². The smallest absolute Gasteiger partial charge is 0.0743 e. The van der Waals surface area contributed by atoms with Crippen LogP contribution in [0.3, 0.4) is 0 Å². The zero-order valence-electron chi connectivity index (χ0n) is 10.2. The highest BCUT2D eigenvalue weighted by molar-refractivity contribution is 5.97. The van der Waals surface area contributed by atoms with E-state index in [1.165, 1.54) is 6.42 Å². The summed E-state index contributed by atoms with van der Waals surface area (Å²) in [7, 11) is 0. The molecule has 1 unspecified atom stereocenters. The van der Waals surface area contributed by atoms with E-state index in [-0.39, 0.29) is 0 Å². The van der Waals surface area contributed by atoms with Crippen LogP contribution in [0.15, 0.2) is 30.5 Å². The van der Waals surface area contributed by atoms with Crippen LogP contribution in [0.1, 0.15) is 20.3 Å². The second kappa shape index (κ2) is 3.36. The lowest BCUT2D eigenvalue weighted by Crippen LogP contribution is -2.10. The molecule has 2 aromatic rings. The summed E-state index contributed by atoms with van der Waals surface area (Å²) in [6.45, 7) is 4.54. The van der Waals surface area contributed by atoms with Crippen molar-refractivity contribution in [1.82, 2.24) is 4.98 Å². The third-order valence-corrected chi connectivity index (χ3v) is 3.64. The van der Waals surface area contributed by atoms with Gasteiger partial charge in [-0.05, 0) is 17.9 Å². The largest absolute Gasteiger partial charge is 0.396 e. The van der Waals surface area contributed by atoms with Gasteiger partial charge in [0.1, 0.15) is 0 Å². The van der Waals surface area contributed by atoms with Gasteiger partial charge in [0.25, 0.3) is 0 Å². The Balaban J connectivity index is 2.05. The normalized spacial score (nSPS) is 21.4. The van der Waals surface area contributed by atoms with E-state index >= 15 is 0 Å². The number of benzene rings is 1. The summed E-state index contributed by atoms with van der Waals surface area (Å²) < 4.78 is 0. The molecule has 1 heterocycles. The maximum atomic E-state index is 6.03. The van der Waals surface area contributed by atoms with Crippen molar-refractivity contribution in [3.8, 4) is 0 Å². The first-order chi connectivity index (χ1) is 8.08. The maximum absolute atomic E-state index is 6.03. The van der Waals surface area contributed by atoms with E-state index in [0.29, 0.717) is 11.5 Å². The SMILES string of the molecule is CC1(C)CC1Nc1c(N)cnc2ccccc12. The number of fused-ring (bicyclic) bond motifs is 1. The number of nitrogens with one attached hydrogen (secondary N) is 1. The highest BCUT2D eigenvalue weighted by Gasteiger charge is 2.45. The van der Waals surface area contributed by atoms with E-state index in [0.717, 1.165) is 22.3 Å². The van der Waals surface area contributed by atoms with Crippen LogP contribution >= 0.6 is 0 Å². The quantitative estimate of drug-likeness (QED) is 0.829. The Morgan fingerprint density at radius 3 is 2.76 bits per heavy atom. The second-order valence-corrected chi connectivity index (χ2v) is 5.50. The van der Waals surface area contributed by atoms with Gasteiger partial charge in [0.05, 0.1) is 23.1 Å². The first-order valence-electron chi connectivity index (χ1n) is 5.98. The molecule has 3 N–H and O–H groups in total. The van der Waals surface area contributed by atoms with Crippen LogP contribution in [0.2, 0.25) is 0 Å². The van der Waals surface area contributed by atoms with Gasteiger partial charge < -0.3 is 11.1 Å². The Morgan fingerprint density at radius 1 is 1.35 bits per heavy atom. The fourth-order valence-electron chi connectivity index (χ4n) is 2.21. The summed E-state index contributed by atoms with van der Waals surface area (Å²) in [5.74, 6) is 0. The Bertz CT molecular complexity index is 575. The average Bonchev–Trinajstić information content (AvgIpc) is 2.90. The van der Waals surface area contributed by atoms with Gasteiger partial charge in [-0.15, -0.1) is 0 Å². The average molecular weight is 227 g/mol. The summed E-state index contributed by atoms with van der Waals surface area (Å²) >= 11 is 0. The topological polar surface area (TPSA) is 50.9 Å². The van der Waals surface area contributed by atoms with Gasteiger partial charge in [0.15, 0.2) is 0 Å². The van der Waals surface area contributed by atoms with Crippen LogP contribution in [-0.2, 0) is 0 Å². The highest BCUT2D eigenvalue weighted by atomic mass is 15.0. The van der Waals surface area contributed by atoms with Gasteiger partial charge in [-0.2, -0.15) is 0 Å². The van der Waals surface area contributed by atoms with Crippen molar-refractivity contribution in [1.29, 1.82) is 0 Å². The van der Waals surface area contributed by atoms with Crippen molar-refractivity contribution in [3.63, 3.8) is 0 Å². The first kappa shape index (κ1) is 10.4. The van der Waals surface area contributed by atoms with Gasteiger partial charge in [0.2, 0.25) is 0 Å². The minimum Gasteiger partial charge on any atom is -0.396 e. The molecule has 3 heteroatoms. The molecular weight excluding hydrogens is 210 g/mol. The third-order valence-electron chi connectivity index (χ3n) is 3.64. The number of nitrogens with two attached hydrogens (primary N) is 1. The molecule has 1 aromatic carbocycles. The van der Waals surface area contributed by atoms with Crippen LogP contribution in [0, 0.1) is 5.41 Å². The number of anilines is 2. The van der Waals surface area contributed by atoms with Gasteiger partial charge in [-0.1, -0.05) is 32.0 Å². The van der Waals surface area contributed by atoms with Crippen LogP contribution in [-0.4, -0.2) is 11.0 Å². The molecule has 1 atom stereocenters. The van der Waals surface area contributed by atoms with Crippen LogP contribution in [0.25, 0.3) is 10.9 Å². The molecule has 0 spiro atoms. The minimum atomic E-state index is 0.386. The van der Waals surface area contributed by atoms with Gasteiger partial charge in [-0.25, -0.2) is 0 Å². The van der Waals surface area contributed by atoms with Gasteiger partial charge >= 0.3 is 0 Å². The number of nitrogens with zero attached hydrogens (tertiary/aromatic N) is 1. The van der Waals surface area contributed by atoms with Crippen LogP contribution in [0.4, 0.5) is 11.4 Å². The van der Waals surface area contributed by atoms with E-state index in [2.05, 4.69) is 30.2 Å². The molecule has 1 aliphatic carbocycles. The van der Waals surface area contributed by atoms with Crippen molar-refractivity contribution in [2.45, 2.75) is 26.3 Å². The van der Waals surface area contributed by atoms with E-state index in [9.17, 15) is 0 Å². The molecule has 0 aliphatic heterocycles. The maximum Gasteiger partial charge on any atom is 0.0743 e. The predicted octanol–water partition coefficient (Wildman–Crippen LogP) is 3.03. The monoisotopic (exact) mass is 227 g/mol. The molecule has 0 radical (unpaired) electrons. The number of aromatic nitrogens is 1. The van der Waals surface area contributed by atoms with E-state index in [1.54, 1.807) is 6.20 Å². The molecule has 1 aliphatic rings. The Morgan fingerprint density at radius 2 is 2.06 bits per heavy atom. The van der Waals surface area contributed by atoms with Gasteiger partial charge in [0, 0.05) is 11.4 Å². The van der Waals surface area contributed by atoms with Gasteiger partial charge in [-0.3, -0.25) is 4.98 Å². The van der Waals surface area contributed by atoms with Crippen molar-refractivity contribution in [3.05, 3.63) is 30.5 Å². The second-order valence-electron chi connectivity index (χ2n) is 5.50. The number of para-hydroxylation sites is 1. The Labute approximate surface area is 101 Å². The Hall–Kier alpha value is -1.77. The fourth-order valence-corrected chi connectivity index (χ4v) is 2.21. The number of nitrogen functional groups attached to an aromatic ring is 1. The first-order valence-corrected chi connectivity index (χ1v) is 5.98. The predicted molar refractivity (Wildman–Crippen MR) is 72.0 cm³/mol. The lowest BCUT2D eigenvalue weighted by atomic mass is 10.1. The zero-order chi connectivity index (χ0) is 12.0. The molecule has 3 rings (SSSR count). The summed E-state index contributed by atoms with van der Waals surface area (Å²) in [6, 6.07) is 8.62. The highest BCUT2D eigenvalue weighted by Crippen LogP contribution is 2.47. The molecule has 1 fully saturated rings. The molecule has 0 saturated heterocycles. The van der Waals surface area contributed by atoms with Crippen molar-refractivity contribution >= 4 is 22.3 Å². The van der Waals surface area contributed by atoms with Crippen molar-refractivity contribution in [2.24, 2.45) is 5.41 Å². The van der Waals surface area contributed by atoms with Crippen LogP contribution < -0.4 is 11.1 Å². The summed E-state index contributed by atoms with van der Waals surface area (Å²) in [5, 5.41) is 4.66. The lowest BCUT2D eigenvalue weighted by Gasteiger charge is -2.13. The standard InChI is InChI=1S/C14H17N3/c1-14(2)7-12(14)17-13-9-5-3-4-6-11(9)16-8-10(13)15/h3-6,8,12H,7,15H2,1-2H3,(H,16,17). The number of hydrogen-bond donors (Lipinski definition) is 2. The number of hydrogen-bond acceptors (Lipinski definition) is 3. The third kappa shape index (κ3) is 1.71. The van der Waals surface area contributed by atoms with E-state index in [4.69, 9.17) is 5.73 Å². The molecule has 1 aromatic heterocycles. The summed E-state index contributed by atoms with van der Waals surface area (Å²) in [5.41, 5.74) is 9.16. The van der Waals surface area contributed by atoms with E-state index in [1.807, 2.05) is 18.2 Å². The lowest BCUT2D eigenvalue weighted by molar-refractivity contribution is 0.631. The molecule has 3 nitrogen and oxygen atoms in total. The van der Waals surface area contributed by atoms with Crippen molar-refractivity contribution in [2.75, 3.05) is 11.1 Å². The Kier molecular flexibility index (Phi) is 2.05. The summed E-state index contributed by atoms with van der Waals surface area (Å²) in [6.07, 6.45) is 2.93. The molecule has 17 heavy (non-hydrogen) atoms. The number of pyridine rings is 1. The number of rotatable bonds is 2. The van der Waals surface area contributed by atoms with Crippen molar-refractivity contribution < 1.29 is 0 Å². The molecule has 1 saturated carbocycles. The molecular formula is C14H17N3. The zero-order valence-corrected chi connectivity index (χ0v) is 10.2. The molecule has 0 bridgehead atoms. The molecule has 0 amide bonds. The summed E-state index contributed by atoms with van der Waals surface area (Å²) in [4.78, 5) is 4.34. The fraction of sp³-hybridized carbons (Fsp3) is 0.357.